The molecule has 8 heteroatoms. The van der Waals surface area contributed by atoms with E-state index in [1.54, 1.807) is 6.07 Å². The Kier molecular flexibility index (Phi) is 9.98. The van der Waals surface area contributed by atoms with Gasteiger partial charge in [-0.3, -0.25) is 9.52 Å². The van der Waals surface area contributed by atoms with Crippen LogP contribution in [0.25, 0.3) is 0 Å². The Morgan fingerprint density at radius 1 is 1.10 bits per heavy atom. The summed E-state index contributed by atoms with van der Waals surface area (Å²) < 4.78 is 22.4. The highest BCUT2D eigenvalue weighted by Crippen LogP contribution is 2.45. The smallest absolute Gasteiger partial charge is 0.263 e. The van der Waals surface area contributed by atoms with Crippen LogP contribution in [0, 0.1) is 23.7 Å². The average Bonchev–Trinajstić information content (AvgIpc) is 3.13. The first kappa shape index (κ1) is 30.4. The van der Waals surface area contributed by atoms with Crippen LogP contribution in [0.4, 0.5) is 5.69 Å². The molecule has 1 saturated carbocycles. The highest BCUT2D eigenvalue weighted by molar-refractivity contribution is 7.84. The van der Waals surface area contributed by atoms with Crippen LogP contribution in [0.3, 0.4) is 0 Å². The molecule has 2 heterocycles. The van der Waals surface area contributed by atoms with Crippen LogP contribution in [0.2, 0.25) is 5.02 Å². The van der Waals surface area contributed by atoms with Gasteiger partial charge in [-0.05, 0) is 111 Å². The number of amides is 1. The van der Waals surface area contributed by atoms with Crippen molar-refractivity contribution < 1.29 is 13.7 Å². The number of hydrogen-bond acceptors (Lipinski definition) is 5. The van der Waals surface area contributed by atoms with E-state index < -0.39 is 11.0 Å². The highest BCUT2D eigenvalue weighted by atomic mass is 35.5. The molecule has 0 radical (unpaired) electrons. The van der Waals surface area contributed by atoms with E-state index in [0.717, 1.165) is 61.7 Å². The molecule has 6 unspecified atom stereocenters. The normalized spacial score (nSPS) is 30.8. The van der Waals surface area contributed by atoms with E-state index in [4.69, 9.17) is 22.1 Å². The second-order valence-electron chi connectivity index (χ2n) is 12.5. The molecule has 224 valence electrons. The number of nitrogens with two attached hydrogens (primary N) is 1. The number of benzene rings is 2. The van der Waals surface area contributed by atoms with Gasteiger partial charge in [0.05, 0.1) is 17.5 Å². The maximum Gasteiger partial charge on any atom is 0.263 e. The molecular weight excluding hydrogens is 554 g/mol. The fourth-order valence-corrected chi connectivity index (χ4v) is 8.32. The summed E-state index contributed by atoms with van der Waals surface area (Å²) in [6.07, 6.45) is 7.61. The maximum atomic E-state index is 13.3. The average molecular weight is 600 g/mol. The van der Waals surface area contributed by atoms with Gasteiger partial charge in [0.2, 0.25) is 0 Å². The first-order valence-electron chi connectivity index (χ1n) is 15.5. The summed E-state index contributed by atoms with van der Waals surface area (Å²) in [5, 5.41) is 0.639. The van der Waals surface area contributed by atoms with Gasteiger partial charge in [0.1, 0.15) is 16.7 Å². The fraction of sp³-hybridized carbons (Fsp3) is 0.606. The van der Waals surface area contributed by atoms with E-state index in [-0.39, 0.29) is 23.0 Å². The second-order valence-corrected chi connectivity index (χ2v) is 14.5. The van der Waals surface area contributed by atoms with Crippen molar-refractivity contribution in [2.75, 3.05) is 31.1 Å². The Morgan fingerprint density at radius 3 is 2.66 bits per heavy atom. The molecule has 1 aliphatic carbocycles. The lowest BCUT2D eigenvalue weighted by molar-refractivity contribution is 0.0981. The van der Waals surface area contributed by atoms with Gasteiger partial charge in [-0.2, -0.15) is 0 Å². The third-order valence-electron chi connectivity index (χ3n) is 9.91. The Labute approximate surface area is 253 Å². The summed E-state index contributed by atoms with van der Waals surface area (Å²) in [5.74, 6) is 2.59. The van der Waals surface area contributed by atoms with Crippen LogP contribution in [0.1, 0.15) is 86.7 Å². The molecule has 3 N–H and O–H groups in total. The van der Waals surface area contributed by atoms with Crippen molar-refractivity contribution in [3.63, 3.8) is 0 Å². The van der Waals surface area contributed by atoms with E-state index in [0.29, 0.717) is 36.5 Å². The van der Waals surface area contributed by atoms with Crippen LogP contribution in [0.5, 0.6) is 5.75 Å². The summed E-state index contributed by atoms with van der Waals surface area (Å²) in [4.78, 5) is 15.7. The minimum Gasteiger partial charge on any atom is -0.491 e. The summed E-state index contributed by atoms with van der Waals surface area (Å²) in [5.41, 5.74) is 10.4. The molecule has 2 aliphatic heterocycles. The molecule has 0 spiro atoms. The van der Waals surface area contributed by atoms with Crippen molar-refractivity contribution >= 4 is 34.2 Å². The van der Waals surface area contributed by atoms with Crippen LogP contribution < -0.4 is 20.1 Å². The molecule has 0 aromatic heterocycles. The second kappa shape index (κ2) is 13.5. The first-order valence-corrected chi connectivity index (χ1v) is 17.1. The number of anilines is 1. The predicted octanol–water partition coefficient (Wildman–Crippen LogP) is 6.48. The van der Waals surface area contributed by atoms with Gasteiger partial charge < -0.3 is 15.4 Å². The Bertz CT molecular complexity index is 1260. The van der Waals surface area contributed by atoms with E-state index in [1.807, 2.05) is 25.1 Å². The topological polar surface area (TPSA) is 84.7 Å². The monoisotopic (exact) mass is 599 g/mol. The number of carbonyl (C=O) groups excluding carboxylic acids is 1. The highest BCUT2D eigenvalue weighted by Gasteiger charge is 2.39. The number of halogens is 1. The molecule has 5 rings (SSSR count). The fourth-order valence-electron chi connectivity index (χ4n) is 7.08. The number of hydrogen-bond donors (Lipinski definition) is 2. The van der Waals surface area contributed by atoms with Crippen LogP contribution in [-0.2, 0) is 17.4 Å². The summed E-state index contributed by atoms with van der Waals surface area (Å²) in [7, 11) is -1.46. The van der Waals surface area contributed by atoms with Crippen molar-refractivity contribution in [1.82, 2.24) is 4.72 Å². The molecule has 7 atom stereocenters. The number of rotatable bonds is 4. The zero-order valence-electron chi connectivity index (χ0n) is 24.7. The van der Waals surface area contributed by atoms with E-state index in [9.17, 15) is 9.00 Å². The standard InChI is InChI=1S/C33H46ClN3O3S/c1-4-6-23-15-28(34)11-13-29(23)27-19-37-18-26-9-12-30(26)25(17-35)8-5-7-21(2)22(3)41(39)36-33(38)24-10-14-32(40-20-27)31(37)16-24/h10-11,13-16,21-22,25-27,30H,4-9,12,17-20,35H2,1-3H3,(H,36,38)/t21?,22?,25?,26?,27?,30-,41?/m0/s1. The summed E-state index contributed by atoms with van der Waals surface area (Å²) >= 11 is 6.41. The third-order valence-corrected chi connectivity index (χ3v) is 11.7. The van der Waals surface area contributed by atoms with E-state index >= 15 is 0 Å². The molecule has 2 bridgehead atoms. The number of nitrogens with zero attached hydrogens (tertiary/aromatic N) is 1. The minimum absolute atomic E-state index is 0.127. The van der Waals surface area contributed by atoms with Gasteiger partial charge in [0.15, 0.2) is 0 Å². The Balaban J connectivity index is 1.52. The van der Waals surface area contributed by atoms with Gasteiger partial charge >= 0.3 is 0 Å². The number of fused-ring (bicyclic) bond motifs is 2. The van der Waals surface area contributed by atoms with Crippen LogP contribution in [-0.4, -0.2) is 41.6 Å². The van der Waals surface area contributed by atoms with Crippen LogP contribution >= 0.6 is 11.6 Å². The van der Waals surface area contributed by atoms with E-state index in [2.05, 4.69) is 35.6 Å². The van der Waals surface area contributed by atoms with Crippen molar-refractivity contribution in [1.29, 1.82) is 0 Å². The Hall–Kier alpha value is -2.09. The van der Waals surface area contributed by atoms with Crippen molar-refractivity contribution in [2.24, 2.45) is 29.4 Å². The number of carbonyl (C=O) groups is 1. The maximum absolute atomic E-state index is 13.3. The molecule has 3 aliphatic rings. The third kappa shape index (κ3) is 6.78. The van der Waals surface area contributed by atoms with Gasteiger partial charge in [-0.25, -0.2) is 4.21 Å². The quantitative estimate of drug-likeness (QED) is 0.420. The number of nitrogens with one attached hydrogen (secondary N) is 1. The summed E-state index contributed by atoms with van der Waals surface area (Å²) in [6, 6.07) is 11.9. The summed E-state index contributed by atoms with van der Waals surface area (Å²) in [6.45, 7) is 9.30. The molecule has 2 aromatic carbocycles. The SMILES string of the molecule is CCCc1cc(Cl)ccc1C1COc2ccc3cc2N(C1)CC1CC[C@H]1C(CN)CCCC(C)C(C)S(=O)NC3=O. The van der Waals surface area contributed by atoms with Gasteiger partial charge in [0.25, 0.3) is 5.91 Å². The van der Waals surface area contributed by atoms with Gasteiger partial charge in [-0.1, -0.05) is 44.4 Å². The lowest BCUT2D eigenvalue weighted by atomic mass is 9.65. The molecule has 0 saturated heterocycles. The molecular formula is C33H46ClN3O3S. The van der Waals surface area contributed by atoms with Crippen LogP contribution in [0.15, 0.2) is 36.4 Å². The molecule has 2 aromatic rings. The zero-order chi connectivity index (χ0) is 29.1. The van der Waals surface area contributed by atoms with Gasteiger partial charge in [-0.15, -0.1) is 0 Å². The Morgan fingerprint density at radius 2 is 1.93 bits per heavy atom. The largest absolute Gasteiger partial charge is 0.491 e. The van der Waals surface area contributed by atoms with Gasteiger partial charge in [0, 0.05) is 29.6 Å². The van der Waals surface area contributed by atoms with Crippen molar-refractivity contribution in [3.05, 3.63) is 58.1 Å². The molecule has 6 nitrogen and oxygen atoms in total. The number of aryl methyl sites for hydroxylation is 1. The van der Waals surface area contributed by atoms with E-state index in [1.165, 1.54) is 24.0 Å². The molecule has 1 fully saturated rings. The number of ether oxygens (including phenoxy) is 1. The van der Waals surface area contributed by atoms with Crippen molar-refractivity contribution in [2.45, 2.75) is 76.9 Å². The lowest BCUT2D eigenvalue weighted by Crippen LogP contribution is -2.44. The lowest BCUT2D eigenvalue weighted by Gasteiger charge is -2.45. The first-order chi connectivity index (χ1) is 19.8. The minimum atomic E-state index is -1.46. The molecule has 1 amide bonds. The molecule has 41 heavy (non-hydrogen) atoms. The zero-order valence-corrected chi connectivity index (χ0v) is 26.3. The van der Waals surface area contributed by atoms with Crippen molar-refractivity contribution in [3.8, 4) is 5.75 Å². The predicted molar refractivity (Wildman–Crippen MR) is 169 cm³/mol.